The smallest absolute Gasteiger partial charge is 0.150 e. The Morgan fingerprint density at radius 1 is 1.47 bits per heavy atom. The summed E-state index contributed by atoms with van der Waals surface area (Å²) in [7, 11) is 0. The molecule has 0 radical (unpaired) electrons. The Morgan fingerprint density at radius 3 is 3.06 bits per heavy atom. The van der Waals surface area contributed by atoms with Crippen LogP contribution in [-0.4, -0.2) is 17.3 Å². The molecule has 2 aromatic rings. The number of hydrogen-bond donors (Lipinski definition) is 1. The van der Waals surface area contributed by atoms with Crippen molar-refractivity contribution in [1.29, 1.82) is 0 Å². The van der Waals surface area contributed by atoms with E-state index >= 15 is 0 Å². The van der Waals surface area contributed by atoms with Gasteiger partial charge < -0.3 is 5.32 Å². The largest absolute Gasteiger partial charge is 0.384 e. The predicted octanol–water partition coefficient (Wildman–Crippen LogP) is 4.42. The van der Waals surface area contributed by atoms with Gasteiger partial charge in [0, 0.05) is 33.5 Å². The van der Waals surface area contributed by atoms with Crippen molar-refractivity contribution in [2.24, 2.45) is 0 Å². The molecule has 5 heteroatoms. The van der Waals surface area contributed by atoms with Gasteiger partial charge in [0.2, 0.25) is 0 Å². The molecule has 0 bridgehead atoms. The second-order valence-corrected chi connectivity index (χ2v) is 6.66. The number of thioether (sulfide) groups is 1. The zero-order chi connectivity index (χ0) is 12.1. The molecular formula is C12H13BrN2S2. The summed E-state index contributed by atoms with van der Waals surface area (Å²) in [5.74, 6) is 1.03. The number of anilines is 1. The first-order valence-corrected chi connectivity index (χ1v) is 7.94. The van der Waals surface area contributed by atoms with Gasteiger partial charge in [-0.2, -0.15) is 0 Å². The summed E-state index contributed by atoms with van der Waals surface area (Å²) >= 11 is 6.97. The van der Waals surface area contributed by atoms with E-state index in [0.29, 0.717) is 0 Å². The molecule has 90 valence electrons. The average Bonchev–Trinajstić information content (AvgIpc) is 2.71. The number of nitrogens with zero attached hydrogens (tertiary/aromatic N) is 1. The van der Waals surface area contributed by atoms with Gasteiger partial charge in [-0.25, -0.2) is 4.98 Å². The fraction of sp³-hybridized carbons (Fsp3) is 0.250. The van der Waals surface area contributed by atoms with Crippen molar-refractivity contribution in [3.05, 3.63) is 39.8 Å². The van der Waals surface area contributed by atoms with E-state index in [9.17, 15) is 0 Å². The summed E-state index contributed by atoms with van der Waals surface area (Å²) < 4.78 is 2.25. The highest BCUT2D eigenvalue weighted by Gasteiger charge is 1.99. The van der Waals surface area contributed by atoms with E-state index in [0.717, 1.165) is 32.5 Å². The summed E-state index contributed by atoms with van der Waals surface area (Å²) in [6, 6.07) is 8.21. The van der Waals surface area contributed by atoms with Crippen LogP contribution >= 0.6 is 39.0 Å². The van der Waals surface area contributed by atoms with Crippen molar-refractivity contribution in [2.75, 3.05) is 17.6 Å². The fourth-order valence-corrected chi connectivity index (χ4v) is 3.50. The number of halogens is 1. The van der Waals surface area contributed by atoms with Crippen LogP contribution in [0.4, 0.5) is 5.69 Å². The van der Waals surface area contributed by atoms with E-state index in [1.807, 2.05) is 19.1 Å². The highest BCUT2D eigenvalue weighted by Crippen LogP contribution is 2.22. The Balaban J connectivity index is 1.73. The van der Waals surface area contributed by atoms with E-state index in [1.165, 1.54) is 0 Å². The van der Waals surface area contributed by atoms with Crippen molar-refractivity contribution in [3.63, 3.8) is 0 Å². The van der Waals surface area contributed by atoms with Crippen molar-refractivity contribution < 1.29 is 0 Å². The van der Waals surface area contributed by atoms with Crippen LogP contribution in [0.25, 0.3) is 0 Å². The zero-order valence-electron chi connectivity index (χ0n) is 9.44. The van der Waals surface area contributed by atoms with Gasteiger partial charge in [0.1, 0.15) is 4.34 Å². The molecule has 2 nitrogen and oxygen atoms in total. The van der Waals surface area contributed by atoms with Crippen LogP contribution in [0.1, 0.15) is 5.69 Å². The van der Waals surface area contributed by atoms with Gasteiger partial charge in [-0.05, 0) is 25.1 Å². The molecule has 0 aliphatic rings. The lowest BCUT2D eigenvalue weighted by atomic mass is 10.3. The maximum Gasteiger partial charge on any atom is 0.150 e. The normalized spacial score (nSPS) is 10.5. The van der Waals surface area contributed by atoms with E-state index in [-0.39, 0.29) is 0 Å². The quantitative estimate of drug-likeness (QED) is 0.649. The summed E-state index contributed by atoms with van der Waals surface area (Å²) in [5, 5.41) is 5.48. The number of aryl methyl sites for hydroxylation is 1. The van der Waals surface area contributed by atoms with E-state index in [1.54, 1.807) is 23.1 Å². The monoisotopic (exact) mass is 328 g/mol. The van der Waals surface area contributed by atoms with E-state index in [2.05, 4.69) is 43.7 Å². The van der Waals surface area contributed by atoms with E-state index in [4.69, 9.17) is 0 Å². The first-order chi connectivity index (χ1) is 8.24. The van der Waals surface area contributed by atoms with Crippen molar-refractivity contribution in [3.8, 4) is 0 Å². The minimum Gasteiger partial charge on any atom is -0.384 e. The molecule has 0 atom stereocenters. The average molecular weight is 329 g/mol. The molecule has 1 aromatic heterocycles. The third-order valence-electron chi connectivity index (χ3n) is 2.08. The van der Waals surface area contributed by atoms with Gasteiger partial charge in [-0.3, -0.25) is 0 Å². The van der Waals surface area contributed by atoms with Crippen LogP contribution < -0.4 is 5.32 Å². The Morgan fingerprint density at radius 2 is 2.35 bits per heavy atom. The predicted molar refractivity (Wildman–Crippen MR) is 80.2 cm³/mol. The lowest BCUT2D eigenvalue weighted by Crippen LogP contribution is -2.03. The Bertz CT molecular complexity index is 485. The Labute approximate surface area is 118 Å². The van der Waals surface area contributed by atoms with Crippen LogP contribution in [0.15, 0.2) is 38.5 Å². The number of nitrogens with one attached hydrogen (secondary N) is 1. The number of benzene rings is 1. The van der Waals surface area contributed by atoms with Gasteiger partial charge in [0.05, 0.1) is 0 Å². The standard InChI is InChI=1S/C12H13BrN2S2/c1-9-8-17-12(15-9)16-6-5-14-11-4-2-3-10(13)7-11/h2-4,7-8,14H,5-6H2,1H3. The molecule has 0 aliphatic carbocycles. The second-order valence-electron chi connectivity index (χ2n) is 3.54. The molecule has 0 fully saturated rings. The molecule has 17 heavy (non-hydrogen) atoms. The van der Waals surface area contributed by atoms with Gasteiger partial charge in [0.15, 0.2) is 0 Å². The highest BCUT2D eigenvalue weighted by molar-refractivity contribution is 9.10. The van der Waals surface area contributed by atoms with Crippen LogP contribution in [0, 0.1) is 6.92 Å². The first-order valence-electron chi connectivity index (χ1n) is 5.28. The molecule has 1 heterocycles. The summed E-state index contributed by atoms with van der Waals surface area (Å²) in [5.41, 5.74) is 2.26. The van der Waals surface area contributed by atoms with Gasteiger partial charge in [-0.1, -0.05) is 33.8 Å². The molecular weight excluding hydrogens is 316 g/mol. The van der Waals surface area contributed by atoms with Crippen molar-refractivity contribution >= 4 is 44.7 Å². The molecule has 1 aromatic carbocycles. The lowest BCUT2D eigenvalue weighted by Gasteiger charge is -2.05. The topological polar surface area (TPSA) is 24.9 Å². The SMILES string of the molecule is Cc1csc(SCCNc2cccc(Br)c2)n1. The third kappa shape index (κ3) is 4.33. The third-order valence-corrected chi connectivity index (χ3v) is 4.71. The molecule has 0 amide bonds. The van der Waals surface area contributed by atoms with Crippen molar-refractivity contribution in [2.45, 2.75) is 11.3 Å². The number of aromatic nitrogens is 1. The molecule has 0 saturated heterocycles. The minimum atomic E-state index is 0.944. The maximum atomic E-state index is 4.42. The molecule has 0 spiro atoms. The summed E-state index contributed by atoms with van der Waals surface area (Å²) in [6.07, 6.45) is 0. The first kappa shape index (κ1) is 12.9. The maximum absolute atomic E-state index is 4.42. The van der Waals surface area contributed by atoms with Crippen molar-refractivity contribution in [1.82, 2.24) is 4.98 Å². The van der Waals surface area contributed by atoms with Gasteiger partial charge in [-0.15, -0.1) is 11.3 Å². The highest BCUT2D eigenvalue weighted by atomic mass is 79.9. The summed E-state index contributed by atoms with van der Waals surface area (Å²) in [6.45, 7) is 2.97. The van der Waals surface area contributed by atoms with Crippen LogP contribution in [-0.2, 0) is 0 Å². The molecule has 0 saturated carbocycles. The fourth-order valence-electron chi connectivity index (χ4n) is 1.33. The van der Waals surface area contributed by atoms with Gasteiger partial charge >= 0.3 is 0 Å². The number of hydrogen-bond acceptors (Lipinski definition) is 4. The van der Waals surface area contributed by atoms with E-state index < -0.39 is 0 Å². The minimum absolute atomic E-state index is 0.944. The Hall–Kier alpha value is -0.520. The zero-order valence-corrected chi connectivity index (χ0v) is 12.7. The van der Waals surface area contributed by atoms with Gasteiger partial charge in [0.25, 0.3) is 0 Å². The summed E-state index contributed by atoms with van der Waals surface area (Å²) in [4.78, 5) is 4.42. The lowest BCUT2D eigenvalue weighted by molar-refractivity contribution is 1.15. The van der Waals surface area contributed by atoms with Crippen LogP contribution in [0.2, 0.25) is 0 Å². The second kappa shape index (κ2) is 6.42. The van der Waals surface area contributed by atoms with Crippen LogP contribution in [0.5, 0.6) is 0 Å². The molecule has 1 N–H and O–H groups in total. The molecule has 0 unspecified atom stereocenters. The van der Waals surface area contributed by atoms with Crippen LogP contribution in [0.3, 0.4) is 0 Å². The Kier molecular flexibility index (Phi) is 4.88. The molecule has 2 rings (SSSR count). The number of thiazole rings is 1. The number of rotatable bonds is 5. The molecule has 0 aliphatic heterocycles.